The van der Waals surface area contributed by atoms with Gasteiger partial charge in [-0.25, -0.2) is 23.1 Å². The first-order valence-corrected chi connectivity index (χ1v) is 7.56. The second-order valence-corrected chi connectivity index (χ2v) is 5.41. The highest BCUT2D eigenvalue weighted by molar-refractivity contribution is 5.59. The third-order valence-electron chi connectivity index (χ3n) is 3.42. The molecule has 0 amide bonds. The van der Waals surface area contributed by atoms with Gasteiger partial charge in [0.15, 0.2) is 0 Å². The van der Waals surface area contributed by atoms with Gasteiger partial charge in [0, 0.05) is 18.7 Å². The molecular formula is C18H15F3N4. The van der Waals surface area contributed by atoms with Crippen LogP contribution >= 0.6 is 0 Å². The lowest BCUT2D eigenvalue weighted by atomic mass is 10.2. The van der Waals surface area contributed by atoms with E-state index in [1.165, 1.54) is 18.2 Å². The van der Waals surface area contributed by atoms with Crippen LogP contribution in [0.4, 0.5) is 30.5 Å². The molecule has 0 atom stereocenters. The van der Waals surface area contributed by atoms with E-state index in [2.05, 4.69) is 20.6 Å². The van der Waals surface area contributed by atoms with Crippen LogP contribution in [0.2, 0.25) is 0 Å². The van der Waals surface area contributed by atoms with Crippen molar-refractivity contribution >= 4 is 17.3 Å². The van der Waals surface area contributed by atoms with Crippen LogP contribution in [0.15, 0.2) is 48.5 Å². The number of nitrogens with one attached hydrogen (secondary N) is 2. The topological polar surface area (TPSA) is 49.8 Å². The molecule has 0 unspecified atom stereocenters. The van der Waals surface area contributed by atoms with Crippen molar-refractivity contribution in [1.29, 1.82) is 0 Å². The van der Waals surface area contributed by atoms with Gasteiger partial charge in [-0.1, -0.05) is 12.1 Å². The van der Waals surface area contributed by atoms with Crippen LogP contribution in [0.3, 0.4) is 0 Å². The predicted octanol–water partition coefficient (Wildman–Crippen LogP) is 4.56. The number of halogens is 3. The summed E-state index contributed by atoms with van der Waals surface area (Å²) < 4.78 is 39.6. The van der Waals surface area contributed by atoms with Crippen molar-refractivity contribution in [3.05, 3.63) is 77.4 Å². The first kappa shape index (κ1) is 16.8. The number of rotatable bonds is 5. The van der Waals surface area contributed by atoms with Crippen molar-refractivity contribution in [3.8, 4) is 0 Å². The van der Waals surface area contributed by atoms with Gasteiger partial charge >= 0.3 is 0 Å². The van der Waals surface area contributed by atoms with E-state index < -0.39 is 11.6 Å². The van der Waals surface area contributed by atoms with Crippen molar-refractivity contribution < 1.29 is 13.2 Å². The Morgan fingerprint density at radius 2 is 1.52 bits per heavy atom. The lowest BCUT2D eigenvalue weighted by molar-refractivity contribution is 0.586. The molecule has 2 N–H and O–H groups in total. The molecule has 7 heteroatoms. The number of aryl methyl sites for hydroxylation is 1. The summed E-state index contributed by atoms with van der Waals surface area (Å²) >= 11 is 0. The van der Waals surface area contributed by atoms with Gasteiger partial charge in [-0.15, -0.1) is 0 Å². The SMILES string of the molecule is Cc1nc(NCc2ccc(F)cc2)cc(Nc2ccc(F)cc2F)n1. The molecule has 1 aromatic heterocycles. The van der Waals surface area contributed by atoms with Crippen LogP contribution in [-0.4, -0.2) is 9.97 Å². The first-order chi connectivity index (χ1) is 12.0. The van der Waals surface area contributed by atoms with E-state index >= 15 is 0 Å². The average Bonchev–Trinajstić information content (AvgIpc) is 2.56. The summed E-state index contributed by atoms with van der Waals surface area (Å²) in [7, 11) is 0. The summed E-state index contributed by atoms with van der Waals surface area (Å²) in [5, 5.41) is 5.91. The van der Waals surface area contributed by atoms with Crippen LogP contribution in [0.25, 0.3) is 0 Å². The third kappa shape index (κ3) is 4.47. The number of nitrogens with zero attached hydrogens (tertiary/aromatic N) is 2. The van der Waals surface area contributed by atoms with Gasteiger partial charge in [0.1, 0.15) is 34.9 Å². The maximum atomic E-state index is 13.7. The minimum absolute atomic E-state index is 0.115. The molecule has 1 heterocycles. The quantitative estimate of drug-likeness (QED) is 0.712. The Kier molecular flexibility index (Phi) is 4.83. The van der Waals surface area contributed by atoms with Crippen molar-refractivity contribution in [3.63, 3.8) is 0 Å². The van der Waals surface area contributed by atoms with Gasteiger partial charge in [0.05, 0.1) is 5.69 Å². The highest BCUT2D eigenvalue weighted by Gasteiger charge is 2.07. The molecule has 128 valence electrons. The van der Waals surface area contributed by atoms with Gasteiger partial charge in [0.25, 0.3) is 0 Å². The Morgan fingerprint density at radius 1 is 0.840 bits per heavy atom. The van der Waals surface area contributed by atoms with Gasteiger partial charge in [-0.3, -0.25) is 0 Å². The van der Waals surface area contributed by atoms with Gasteiger partial charge in [-0.2, -0.15) is 0 Å². The minimum Gasteiger partial charge on any atom is -0.366 e. The second kappa shape index (κ2) is 7.21. The molecule has 0 aliphatic heterocycles. The molecule has 0 saturated heterocycles. The summed E-state index contributed by atoms with van der Waals surface area (Å²) in [6.07, 6.45) is 0. The predicted molar refractivity (Wildman–Crippen MR) is 90.1 cm³/mol. The minimum atomic E-state index is -0.711. The Morgan fingerprint density at radius 3 is 2.24 bits per heavy atom. The Bertz CT molecular complexity index is 882. The van der Waals surface area contributed by atoms with E-state index in [0.717, 1.165) is 17.7 Å². The fourth-order valence-electron chi connectivity index (χ4n) is 2.25. The molecule has 0 fully saturated rings. The van der Waals surface area contributed by atoms with Crippen LogP contribution in [0.1, 0.15) is 11.4 Å². The average molecular weight is 344 g/mol. The van der Waals surface area contributed by atoms with E-state index in [4.69, 9.17) is 0 Å². The maximum Gasteiger partial charge on any atom is 0.149 e. The zero-order valence-corrected chi connectivity index (χ0v) is 13.4. The number of benzene rings is 2. The number of aromatic nitrogens is 2. The van der Waals surface area contributed by atoms with Crippen LogP contribution in [-0.2, 0) is 6.54 Å². The Balaban J connectivity index is 1.74. The van der Waals surface area contributed by atoms with Crippen molar-refractivity contribution in [2.75, 3.05) is 10.6 Å². The molecular weight excluding hydrogens is 329 g/mol. The molecule has 0 saturated carbocycles. The molecule has 0 spiro atoms. The highest BCUT2D eigenvalue weighted by atomic mass is 19.1. The molecule has 0 bridgehead atoms. The van der Waals surface area contributed by atoms with Crippen molar-refractivity contribution in [2.24, 2.45) is 0 Å². The lowest BCUT2D eigenvalue weighted by Gasteiger charge is -2.11. The monoisotopic (exact) mass is 344 g/mol. The zero-order chi connectivity index (χ0) is 17.8. The fraction of sp³-hybridized carbons (Fsp3) is 0.111. The van der Waals surface area contributed by atoms with Crippen LogP contribution in [0.5, 0.6) is 0 Å². The van der Waals surface area contributed by atoms with Crippen molar-refractivity contribution in [2.45, 2.75) is 13.5 Å². The molecule has 3 aromatic rings. The molecule has 25 heavy (non-hydrogen) atoms. The molecule has 4 nitrogen and oxygen atoms in total. The summed E-state index contributed by atoms with van der Waals surface area (Å²) in [6.45, 7) is 2.15. The summed E-state index contributed by atoms with van der Waals surface area (Å²) in [6, 6.07) is 11.0. The zero-order valence-electron chi connectivity index (χ0n) is 13.4. The third-order valence-corrected chi connectivity index (χ3v) is 3.42. The standard InChI is InChI=1S/C18H15F3N4/c1-11-23-17(22-10-12-2-4-13(19)5-3-12)9-18(24-11)25-16-7-6-14(20)8-15(16)21/h2-9H,10H2,1H3,(H2,22,23,24,25). The van der Waals surface area contributed by atoms with Gasteiger partial charge in [-0.05, 0) is 36.8 Å². The van der Waals surface area contributed by atoms with Gasteiger partial charge in [0.2, 0.25) is 0 Å². The fourth-order valence-corrected chi connectivity index (χ4v) is 2.25. The number of hydrogen-bond donors (Lipinski definition) is 2. The van der Waals surface area contributed by atoms with Crippen LogP contribution in [0, 0.1) is 24.4 Å². The summed E-state index contributed by atoms with van der Waals surface area (Å²) in [5.41, 5.74) is 1.00. The van der Waals surface area contributed by atoms with E-state index in [0.29, 0.717) is 24.0 Å². The Hall–Kier alpha value is -3.09. The van der Waals surface area contributed by atoms with E-state index in [9.17, 15) is 13.2 Å². The van der Waals surface area contributed by atoms with Crippen LogP contribution < -0.4 is 10.6 Å². The van der Waals surface area contributed by atoms with E-state index in [1.54, 1.807) is 25.1 Å². The maximum absolute atomic E-state index is 13.7. The molecule has 0 aliphatic rings. The molecule has 3 rings (SSSR count). The molecule has 0 radical (unpaired) electrons. The normalized spacial score (nSPS) is 10.6. The smallest absolute Gasteiger partial charge is 0.149 e. The lowest BCUT2D eigenvalue weighted by Crippen LogP contribution is -2.05. The highest BCUT2D eigenvalue weighted by Crippen LogP contribution is 2.21. The van der Waals surface area contributed by atoms with E-state index in [1.807, 2.05) is 0 Å². The largest absolute Gasteiger partial charge is 0.366 e. The van der Waals surface area contributed by atoms with E-state index in [-0.39, 0.29) is 11.5 Å². The molecule has 2 aromatic carbocycles. The Labute approximate surface area is 142 Å². The van der Waals surface area contributed by atoms with Gasteiger partial charge < -0.3 is 10.6 Å². The first-order valence-electron chi connectivity index (χ1n) is 7.56. The number of anilines is 3. The molecule has 0 aliphatic carbocycles. The summed E-state index contributed by atoms with van der Waals surface area (Å²) in [5.74, 6) is -0.273. The number of hydrogen-bond acceptors (Lipinski definition) is 4. The second-order valence-electron chi connectivity index (χ2n) is 5.41. The van der Waals surface area contributed by atoms with Crippen molar-refractivity contribution in [1.82, 2.24) is 9.97 Å². The summed E-state index contributed by atoms with van der Waals surface area (Å²) in [4.78, 5) is 8.44.